The van der Waals surface area contributed by atoms with E-state index in [0.29, 0.717) is 24.1 Å². The summed E-state index contributed by atoms with van der Waals surface area (Å²) in [5, 5.41) is 10.1. The topological polar surface area (TPSA) is 72.3 Å². The van der Waals surface area contributed by atoms with Crippen LogP contribution in [0.15, 0.2) is 17.4 Å². The van der Waals surface area contributed by atoms with Crippen molar-refractivity contribution in [2.24, 2.45) is 11.8 Å². The second kappa shape index (κ2) is 3.68. The molecular weight excluding hydrogens is 240 g/mol. The van der Waals surface area contributed by atoms with Crippen molar-refractivity contribution in [2.45, 2.75) is 10.6 Å². The van der Waals surface area contributed by atoms with Crippen molar-refractivity contribution in [2.75, 3.05) is 19.5 Å². The first-order valence-electron chi connectivity index (χ1n) is 5.40. The molecule has 0 spiro atoms. The number of carbonyl (C=O) groups is 1. The molecule has 1 N–H and O–H groups in total. The van der Waals surface area contributed by atoms with Crippen LogP contribution in [0.5, 0.6) is 0 Å². The molecule has 6 heteroatoms. The SMILES string of the molecule is CSc1nccc(C2(C(=O)O)[C@@H]3COC[C@@H]32)n1. The fourth-order valence-corrected chi connectivity index (χ4v) is 3.19. The number of aliphatic carboxylic acids is 1. The maximum absolute atomic E-state index is 11.6. The van der Waals surface area contributed by atoms with Gasteiger partial charge in [0.25, 0.3) is 0 Å². The van der Waals surface area contributed by atoms with Gasteiger partial charge in [0.1, 0.15) is 5.41 Å². The minimum absolute atomic E-state index is 0.0737. The smallest absolute Gasteiger partial charge is 0.316 e. The molecule has 1 aromatic heterocycles. The third-order valence-electron chi connectivity index (χ3n) is 3.73. The predicted molar refractivity (Wildman–Crippen MR) is 60.9 cm³/mol. The summed E-state index contributed by atoms with van der Waals surface area (Å²) in [7, 11) is 0. The Balaban J connectivity index is 2.03. The Morgan fingerprint density at radius 1 is 1.59 bits per heavy atom. The zero-order valence-electron chi connectivity index (χ0n) is 9.29. The van der Waals surface area contributed by atoms with Crippen molar-refractivity contribution in [1.82, 2.24) is 9.97 Å². The van der Waals surface area contributed by atoms with Crippen molar-refractivity contribution in [3.05, 3.63) is 18.0 Å². The van der Waals surface area contributed by atoms with E-state index in [1.807, 2.05) is 6.26 Å². The number of fused-ring (bicyclic) bond motifs is 1. The minimum Gasteiger partial charge on any atom is -0.481 e. The van der Waals surface area contributed by atoms with Crippen molar-refractivity contribution in [1.29, 1.82) is 0 Å². The van der Waals surface area contributed by atoms with Gasteiger partial charge in [0.05, 0.1) is 18.9 Å². The Hall–Kier alpha value is -1.14. The quantitative estimate of drug-likeness (QED) is 0.633. The van der Waals surface area contributed by atoms with Crippen molar-refractivity contribution < 1.29 is 14.6 Å². The average molecular weight is 252 g/mol. The lowest BCUT2D eigenvalue weighted by atomic mass is 9.96. The van der Waals surface area contributed by atoms with Crippen LogP contribution in [0.3, 0.4) is 0 Å². The molecule has 2 heterocycles. The van der Waals surface area contributed by atoms with E-state index < -0.39 is 11.4 Å². The lowest BCUT2D eigenvalue weighted by Gasteiger charge is -2.15. The van der Waals surface area contributed by atoms with E-state index >= 15 is 0 Å². The second-order valence-electron chi connectivity index (χ2n) is 4.35. The highest BCUT2D eigenvalue weighted by Crippen LogP contribution is 2.62. The fraction of sp³-hybridized carbons (Fsp3) is 0.545. The highest BCUT2D eigenvalue weighted by atomic mass is 32.2. The Kier molecular flexibility index (Phi) is 2.38. The molecule has 3 atom stereocenters. The molecule has 1 aliphatic carbocycles. The summed E-state index contributed by atoms with van der Waals surface area (Å²) in [6.45, 7) is 1.05. The van der Waals surface area contributed by atoms with E-state index in [1.165, 1.54) is 11.8 Å². The number of ether oxygens (including phenoxy) is 1. The first-order valence-corrected chi connectivity index (χ1v) is 6.62. The molecule has 1 saturated heterocycles. The number of thioether (sulfide) groups is 1. The molecule has 2 fully saturated rings. The highest BCUT2D eigenvalue weighted by Gasteiger charge is 2.74. The molecule has 1 unspecified atom stereocenters. The van der Waals surface area contributed by atoms with Gasteiger partial charge in [-0.05, 0) is 12.3 Å². The molecule has 3 rings (SSSR count). The summed E-state index contributed by atoms with van der Waals surface area (Å²) in [5.74, 6) is -0.643. The van der Waals surface area contributed by atoms with Gasteiger partial charge in [-0.15, -0.1) is 0 Å². The van der Waals surface area contributed by atoms with Crippen LogP contribution in [0.25, 0.3) is 0 Å². The van der Waals surface area contributed by atoms with E-state index in [4.69, 9.17) is 4.74 Å². The standard InChI is InChI=1S/C11H12N2O3S/c1-17-10-12-3-2-8(13-10)11(9(14)15)6-4-16-5-7(6)11/h2-3,6-7H,4-5H2,1H3,(H,14,15)/t6-,7+,11?. The average Bonchev–Trinajstić information content (AvgIpc) is 2.73. The maximum Gasteiger partial charge on any atom is 0.316 e. The molecule has 1 saturated carbocycles. The van der Waals surface area contributed by atoms with Gasteiger partial charge >= 0.3 is 5.97 Å². The van der Waals surface area contributed by atoms with Gasteiger partial charge in [-0.25, -0.2) is 9.97 Å². The Morgan fingerprint density at radius 3 is 2.88 bits per heavy atom. The molecule has 90 valence electrons. The third kappa shape index (κ3) is 1.34. The van der Waals surface area contributed by atoms with Crippen LogP contribution in [-0.4, -0.2) is 40.5 Å². The van der Waals surface area contributed by atoms with E-state index in [9.17, 15) is 9.90 Å². The molecule has 1 aliphatic heterocycles. The third-order valence-corrected chi connectivity index (χ3v) is 4.30. The summed E-state index contributed by atoms with van der Waals surface area (Å²) in [4.78, 5) is 20.0. The van der Waals surface area contributed by atoms with E-state index in [0.717, 1.165) is 0 Å². The molecule has 0 bridgehead atoms. The second-order valence-corrected chi connectivity index (χ2v) is 5.13. The van der Waals surface area contributed by atoms with Gasteiger partial charge in [-0.3, -0.25) is 4.79 Å². The Bertz CT molecular complexity index is 470. The van der Waals surface area contributed by atoms with Crippen LogP contribution in [0, 0.1) is 11.8 Å². The number of carboxylic acid groups (broad SMARTS) is 1. The maximum atomic E-state index is 11.6. The largest absolute Gasteiger partial charge is 0.481 e. The molecule has 0 amide bonds. The van der Waals surface area contributed by atoms with Gasteiger partial charge in [-0.2, -0.15) is 0 Å². The number of rotatable bonds is 3. The Labute approximate surface area is 103 Å². The van der Waals surface area contributed by atoms with Gasteiger partial charge in [0.15, 0.2) is 5.16 Å². The first kappa shape index (κ1) is 11.0. The number of hydrogen-bond acceptors (Lipinski definition) is 5. The monoisotopic (exact) mass is 252 g/mol. The van der Waals surface area contributed by atoms with E-state index in [2.05, 4.69) is 9.97 Å². The fourth-order valence-electron chi connectivity index (χ4n) is 2.83. The molecule has 0 aromatic carbocycles. The summed E-state index contributed by atoms with van der Waals surface area (Å²) in [6, 6.07) is 1.71. The highest BCUT2D eigenvalue weighted by molar-refractivity contribution is 7.98. The summed E-state index contributed by atoms with van der Waals surface area (Å²) in [5.41, 5.74) is -0.200. The first-order chi connectivity index (χ1) is 8.21. The number of carboxylic acids is 1. The summed E-state index contributed by atoms with van der Waals surface area (Å²) >= 11 is 1.42. The van der Waals surface area contributed by atoms with Crippen LogP contribution in [0.2, 0.25) is 0 Å². The van der Waals surface area contributed by atoms with Crippen LogP contribution in [0.4, 0.5) is 0 Å². The minimum atomic E-state index is -0.828. The van der Waals surface area contributed by atoms with Gasteiger partial charge in [0.2, 0.25) is 0 Å². The molecule has 2 aliphatic rings. The Morgan fingerprint density at radius 2 is 2.29 bits per heavy atom. The zero-order chi connectivity index (χ0) is 12.0. The molecular formula is C11H12N2O3S. The lowest BCUT2D eigenvalue weighted by Crippen LogP contribution is -2.29. The molecule has 0 radical (unpaired) electrons. The van der Waals surface area contributed by atoms with Crippen molar-refractivity contribution >= 4 is 17.7 Å². The summed E-state index contributed by atoms with van der Waals surface area (Å²) in [6.07, 6.45) is 3.51. The zero-order valence-corrected chi connectivity index (χ0v) is 10.1. The van der Waals surface area contributed by atoms with Crippen molar-refractivity contribution in [3.8, 4) is 0 Å². The predicted octanol–water partition coefficient (Wildman–Crippen LogP) is 0.797. The van der Waals surface area contributed by atoms with Crippen LogP contribution in [-0.2, 0) is 14.9 Å². The van der Waals surface area contributed by atoms with Crippen LogP contribution in [0.1, 0.15) is 5.69 Å². The van der Waals surface area contributed by atoms with Gasteiger partial charge < -0.3 is 9.84 Å². The van der Waals surface area contributed by atoms with Gasteiger partial charge in [-0.1, -0.05) is 11.8 Å². The normalized spacial score (nSPS) is 34.4. The van der Waals surface area contributed by atoms with Crippen LogP contribution >= 0.6 is 11.8 Å². The lowest BCUT2D eigenvalue weighted by molar-refractivity contribution is -0.142. The number of hydrogen-bond donors (Lipinski definition) is 1. The van der Waals surface area contributed by atoms with Crippen LogP contribution < -0.4 is 0 Å². The van der Waals surface area contributed by atoms with E-state index in [-0.39, 0.29) is 11.8 Å². The van der Waals surface area contributed by atoms with E-state index in [1.54, 1.807) is 12.3 Å². The number of aromatic nitrogens is 2. The molecule has 17 heavy (non-hydrogen) atoms. The number of nitrogens with zero attached hydrogens (tertiary/aromatic N) is 2. The summed E-state index contributed by atoms with van der Waals surface area (Å²) < 4.78 is 5.28. The molecule has 5 nitrogen and oxygen atoms in total. The van der Waals surface area contributed by atoms with Gasteiger partial charge in [0, 0.05) is 18.0 Å². The van der Waals surface area contributed by atoms with Crippen molar-refractivity contribution in [3.63, 3.8) is 0 Å². The molecule has 1 aromatic rings.